The molecule has 0 atom stereocenters. The van der Waals surface area contributed by atoms with Gasteiger partial charge in [0.25, 0.3) is 0 Å². The molecule has 0 fully saturated rings. The zero-order valence-corrected chi connectivity index (χ0v) is 11.3. The molecule has 0 spiro atoms. The first-order valence-corrected chi connectivity index (χ1v) is 6.45. The second-order valence-corrected chi connectivity index (χ2v) is 4.56. The molecule has 1 N–H and O–H groups in total. The topological polar surface area (TPSA) is 47.6 Å². The van der Waals surface area contributed by atoms with E-state index < -0.39 is 17.5 Å². The number of carbonyl (C=O) groups excluding carboxylic acids is 1. The van der Waals surface area contributed by atoms with Crippen LogP contribution in [-0.4, -0.2) is 12.7 Å². The van der Waals surface area contributed by atoms with E-state index in [4.69, 9.17) is 9.47 Å². The van der Waals surface area contributed by atoms with E-state index in [9.17, 15) is 13.6 Å². The minimum Gasteiger partial charge on any atom is -0.454 e. The molecule has 6 heteroatoms. The van der Waals surface area contributed by atoms with Crippen LogP contribution in [0.1, 0.15) is 5.56 Å². The summed E-state index contributed by atoms with van der Waals surface area (Å²) in [6.45, 7) is 0.173. The summed E-state index contributed by atoms with van der Waals surface area (Å²) in [4.78, 5) is 11.7. The number of anilines is 1. The van der Waals surface area contributed by atoms with Crippen LogP contribution >= 0.6 is 0 Å². The van der Waals surface area contributed by atoms with E-state index in [2.05, 4.69) is 5.32 Å². The van der Waals surface area contributed by atoms with Crippen molar-refractivity contribution < 1.29 is 23.0 Å². The van der Waals surface area contributed by atoms with Crippen LogP contribution in [-0.2, 0) is 4.79 Å². The molecule has 1 aliphatic heterocycles. The van der Waals surface area contributed by atoms with Crippen molar-refractivity contribution in [2.24, 2.45) is 0 Å². The van der Waals surface area contributed by atoms with Gasteiger partial charge in [-0.2, -0.15) is 0 Å². The van der Waals surface area contributed by atoms with Crippen LogP contribution in [0.15, 0.2) is 42.5 Å². The lowest BCUT2D eigenvalue weighted by molar-refractivity contribution is -0.111. The third-order valence-corrected chi connectivity index (χ3v) is 3.01. The van der Waals surface area contributed by atoms with Crippen LogP contribution in [0.2, 0.25) is 0 Å². The summed E-state index contributed by atoms with van der Waals surface area (Å²) in [5, 5.41) is 2.34. The van der Waals surface area contributed by atoms with Crippen molar-refractivity contribution >= 4 is 17.7 Å². The molecule has 3 rings (SSSR count). The summed E-state index contributed by atoms with van der Waals surface area (Å²) in [6, 6.07) is 8.16. The number of amides is 1. The molecule has 2 aromatic carbocycles. The fourth-order valence-electron chi connectivity index (χ4n) is 1.95. The standard InChI is InChI=1S/C16H11F2NO3/c17-11-3-4-13(12(18)8-11)19-16(20)6-2-10-1-5-14-15(7-10)22-9-21-14/h1-8H,9H2,(H,19,20). The van der Waals surface area contributed by atoms with Gasteiger partial charge in [0, 0.05) is 12.1 Å². The smallest absolute Gasteiger partial charge is 0.248 e. The van der Waals surface area contributed by atoms with Gasteiger partial charge in [0.05, 0.1) is 5.69 Å². The van der Waals surface area contributed by atoms with Crippen molar-refractivity contribution in [1.82, 2.24) is 0 Å². The number of benzene rings is 2. The van der Waals surface area contributed by atoms with E-state index in [1.165, 1.54) is 6.08 Å². The van der Waals surface area contributed by atoms with Crippen molar-refractivity contribution in [3.63, 3.8) is 0 Å². The highest BCUT2D eigenvalue weighted by Crippen LogP contribution is 2.32. The average Bonchev–Trinajstić information content (AvgIpc) is 2.95. The van der Waals surface area contributed by atoms with Crippen LogP contribution in [0.5, 0.6) is 11.5 Å². The average molecular weight is 303 g/mol. The predicted molar refractivity (Wildman–Crippen MR) is 76.6 cm³/mol. The highest BCUT2D eigenvalue weighted by Gasteiger charge is 2.12. The summed E-state index contributed by atoms with van der Waals surface area (Å²) >= 11 is 0. The third kappa shape index (κ3) is 3.06. The highest BCUT2D eigenvalue weighted by atomic mass is 19.1. The maximum atomic E-state index is 13.4. The maximum Gasteiger partial charge on any atom is 0.248 e. The first-order valence-electron chi connectivity index (χ1n) is 6.45. The van der Waals surface area contributed by atoms with Crippen molar-refractivity contribution in [3.8, 4) is 11.5 Å². The van der Waals surface area contributed by atoms with Crippen molar-refractivity contribution in [2.45, 2.75) is 0 Å². The molecule has 0 unspecified atom stereocenters. The predicted octanol–water partition coefficient (Wildman–Crippen LogP) is 3.35. The molecule has 0 bridgehead atoms. The number of fused-ring (bicyclic) bond motifs is 1. The molecule has 1 amide bonds. The molecule has 0 saturated heterocycles. The van der Waals surface area contributed by atoms with Gasteiger partial charge in [-0.3, -0.25) is 4.79 Å². The van der Waals surface area contributed by atoms with E-state index in [0.717, 1.165) is 17.7 Å². The van der Waals surface area contributed by atoms with Crippen molar-refractivity contribution in [3.05, 3.63) is 59.7 Å². The third-order valence-electron chi connectivity index (χ3n) is 3.01. The molecule has 0 saturated carbocycles. The first-order chi connectivity index (χ1) is 10.6. The minimum atomic E-state index is -0.829. The van der Waals surface area contributed by atoms with Crippen molar-refractivity contribution in [2.75, 3.05) is 12.1 Å². The summed E-state index contributed by atoms with van der Waals surface area (Å²) in [6.07, 6.45) is 2.80. The number of hydrogen-bond acceptors (Lipinski definition) is 3. The molecule has 112 valence electrons. The Morgan fingerprint density at radius 3 is 2.73 bits per heavy atom. The summed E-state index contributed by atoms with van der Waals surface area (Å²) in [5.41, 5.74) is 0.653. The number of nitrogens with one attached hydrogen (secondary N) is 1. The number of hydrogen-bond donors (Lipinski definition) is 1. The Hall–Kier alpha value is -2.89. The van der Waals surface area contributed by atoms with Gasteiger partial charge in [-0.25, -0.2) is 8.78 Å². The number of carbonyl (C=O) groups is 1. The molecular weight excluding hydrogens is 292 g/mol. The van der Waals surface area contributed by atoms with Gasteiger partial charge in [-0.05, 0) is 35.9 Å². The largest absolute Gasteiger partial charge is 0.454 e. The Balaban J connectivity index is 1.68. The molecule has 0 aromatic heterocycles. The number of halogens is 2. The van der Waals surface area contributed by atoms with E-state index in [1.807, 2.05) is 0 Å². The van der Waals surface area contributed by atoms with Crippen LogP contribution in [0, 0.1) is 11.6 Å². The Morgan fingerprint density at radius 1 is 1.09 bits per heavy atom. The van der Waals surface area contributed by atoms with Gasteiger partial charge >= 0.3 is 0 Å². The lowest BCUT2D eigenvalue weighted by Gasteiger charge is -2.03. The van der Waals surface area contributed by atoms with Gasteiger partial charge in [0.15, 0.2) is 11.5 Å². The second-order valence-electron chi connectivity index (χ2n) is 4.56. The molecule has 22 heavy (non-hydrogen) atoms. The SMILES string of the molecule is O=C(C=Cc1ccc2c(c1)OCO2)Nc1ccc(F)cc1F. The zero-order chi connectivity index (χ0) is 15.5. The monoisotopic (exact) mass is 303 g/mol. The molecule has 1 heterocycles. The van der Waals surface area contributed by atoms with Crippen LogP contribution in [0.25, 0.3) is 6.08 Å². The van der Waals surface area contributed by atoms with E-state index in [-0.39, 0.29) is 12.5 Å². The lowest BCUT2D eigenvalue weighted by Crippen LogP contribution is -2.09. The summed E-state index contributed by atoms with van der Waals surface area (Å²) < 4.78 is 36.6. The molecular formula is C16H11F2NO3. The fourth-order valence-corrected chi connectivity index (χ4v) is 1.95. The maximum absolute atomic E-state index is 13.4. The Morgan fingerprint density at radius 2 is 1.91 bits per heavy atom. The van der Waals surface area contributed by atoms with Crippen LogP contribution < -0.4 is 14.8 Å². The molecule has 0 aliphatic carbocycles. The van der Waals surface area contributed by atoms with Gasteiger partial charge in [-0.15, -0.1) is 0 Å². The van der Waals surface area contributed by atoms with E-state index in [0.29, 0.717) is 17.6 Å². The van der Waals surface area contributed by atoms with Gasteiger partial charge in [0.2, 0.25) is 12.7 Å². The second kappa shape index (κ2) is 5.85. The van der Waals surface area contributed by atoms with Gasteiger partial charge < -0.3 is 14.8 Å². The van der Waals surface area contributed by atoms with E-state index >= 15 is 0 Å². The fraction of sp³-hybridized carbons (Fsp3) is 0.0625. The lowest BCUT2D eigenvalue weighted by atomic mass is 10.2. The van der Waals surface area contributed by atoms with E-state index in [1.54, 1.807) is 24.3 Å². The van der Waals surface area contributed by atoms with Gasteiger partial charge in [0.1, 0.15) is 11.6 Å². The normalized spacial score (nSPS) is 12.6. The molecule has 2 aromatic rings. The summed E-state index contributed by atoms with van der Waals surface area (Å²) in [5.74, 6) is -0.804. The van der Waals surface area contributed by atoms with Gasteiger partial charge in [-0.1, -0.05) is 6.07 Å². The molecule has 0 radical (unpaired) electrons. The molecule has 4 nitrogen and oxygen atoms in total. The Bertz CT molecular complexity index is 759. The zero-order valence-electron chi connectivity index (χ0n) is 11.3. The number of rotatable bonds is 3. The quantitative estimate of drug-likeness (QED) is 0.885. The molecule has 1 aliphatic rings. The Labute approximate surface area is 125 Å². The highest BCUT2D eigenvalue weighted by molar-refractivity contribution is 6.02. The van der Waals surface area contributed by atoms with Crippen LogP contribution in [0.3, 0.4) is 0 Å². The summed E-state index contributed by atoms with van der Waals surface area (Å²) in [7, 11) is 0. The van der Waals surface area contributed by atoms with Crippen molar-refractivity contribution in [1.29, 1.82) is 0 Å². The number of ether oxygens (including phenoxy) is 2. The first kappa shape index (κ1) is 14.1. The minimum absolute atomic E-state index is 0.0817. The van der Waals surface area contributed by atoms with Crippen LogP contribution in [0.4, 0.5) is 14.5 Å². The Kier molecular flexibility index (Phi) is 3.74.